The molecule has 162 valence electrons. The van der Waals surface area contributed by atoms with Crippen LogP contribution >= 0.6 is 11.6 Å². The Morgan fingerprint density at radius 2 is 1.83 bits per heavy atom. The molecule has 30 heavy (non-hydrogen) atoms. The summed E-state index contributed by atoms with van der Waals surface area (Å²) in [6, 6.07) is 10.0. The zero-order valence-corrected chi connectivity index (χ0v) is 18.4. The molecule has 1 aliphatic heterocycles. The summed E-state index contributed by atoms with van der Waals surface area (Å²) < 4.78 is 45.2. The van der Waals surface area contributed by atoms with E-state index in [0.29, 0.717) is 30.2 Å². The molecule has 6 nitrogen and oxygen atoms in total. The van der Waals surface area contributed by atoms with E-state index in [4.69, 9.17) is 16.3 Å². The molecule has 9 heteroatoms. The van der Waals surface area contributed by atoms with Crippen molar-refractivity contribution in [2.45, 2.75) is 24.3 Å². The van der Waals surface area contributed by atoms with E-state index in [0.717, 1.165) is 17.7 Å². The van der Waals surface area contributed by atoms with Crippen LogP contribution in [0.25, 0.3) is 0 Å². The van der Waals surface area contributed by atoms with E-state index >= 15 is 0 Å². The lowest BCUT2D eigenvalue weighted by Crippen LogP contribution is -2.43. The molecule has 1 saturated heterocycles. The third-order valence-corrected chi connectivity index (χ3v) is 7.43. The maximum atomic E-state index is 13.1. The van der Waals surface area contributed by atoms with Crippen molar-refractivity contribution in [1.29, 1.82) is 0 Å². The normalized spacial score (nSPS) is 15.7. The Hall–Kier alpha value is -2.16. The number of benzene rings is 2. The van der Waals surface area contributed by atoms with Gasteiger partial charge in [-0.15, -0.1) is 0 Å². The van der Waals surface area contributed by atoms with Crippen LogP contribution in [-0.2, 0) is 21.4 Å². The van der Waals surface area contributed by atoms with Crippen LogP contribution in [0.1, 0.15) is 18.4 Å². The lowest BCUT2D eigenvalue weighted by Gasteiger charge is -2.32. The molecule has 0 radical (unpaired) electrons. The second-order valence-corrected chi connectivity index (χ2v) is 9.66. The number of sulfonamides is 1. The topological polar surface area (TPSA) is 66.9 Å². The maximum absolute atomic E-state index is 13.1. The van der Waals surface area contributed by atoms with Crippen molar-refractivity contribution < 1.29 is 22.3 Å². The number of rotatable bonds is 6. The average molecular weight is 455 g/mol. The van der Waals surface area contributed by atoms with Gasteiger partial charge in [0.2, 0.25) is 15.9 Å². The largest absolute Gasteiger partial charge is 0.496 e. The number of hydrogen-bond acceptors (Lipinski definition) is 4. The second-order valence-electron chi connectivity index (χ2n) is 7.28. The Labute approximate surface area is 181 Å². The summed E-state index contributed by atoms with van der Waals surface area (Å²) >= 11 is 6.06. The minimum atomic E-state index is -3.70. The Bertz CT molecular complexity index is 1010. The highest BCUT2D eigenvalue weighted by atomic mass is 35.5. The number of ether oxygens (including phenoxy) is 1. The molecular weight excluding hydrogens is 431 g/mol. The average Bonchev–Trinajstić information content (AvgIpc) is 2.74. The number of piperidine rings is 1. The van der Waals surface area contributed by atoms with Gasteiger partial charge in [-0.2, -0.15) is 4.31 Å². The number of hydrogen-bond donors (Lipinski definition) is 0. The SMILES string of the molecule is COc1ccc(Cl)cc1CN(C)C(=O)C1CCN(S(=O)(=O)c2ccc(F)cc2)CC1. The first kappa shape index (κ1) is 22.5. The molecule has 1 amide bonds. The summed E-state index contributed by atoms with van der Waals surface area (Å²) in [4.78, 5) is 14.6. The first-order valence-electron chi connectivity index (χ1n) is 9.55. The van der Waals surface area contributed by atoms with E-state index in [2.05, 4.69) is 0 Å². The number of amides is 1. The van der Waals surface area contributed by atoms with Crippen molar-refractivity contribution in [1.82, 2.24) is 9.21 Å². The van der Waals surface area contributed by atoms with Crippen molar-refractivity contribution in [3.05, 3.63) is 58.9 Å². The van der Waals surface area contributed by atoms with Crippen molar-refractivity contribution in [3.8, 4) is 5.75 Å². The highest BCUT2D eigenvalue weighted by Crippen LogP contribution is 2.27. The third kappa shape index (κ3) is 4.94. The summed E-state index contributed by atoms with van der Waals surface area (Å²) in [7, 11) is -0.426. The Kier molecular flexibility index (Phi) is 7.00. The molecule has 0 unspecified atom stereocenters. The molecule has 0 atom stereocenters. The molecule has 2 aromatic rings. The Balaban J connectivity index is 1.62. The Morgan fingerprint density at radius 1 is 1.20 bits per heavy atom. The van der Waals surface area contributed by atoms with Gasteiger partial charge in [0.1, 0.15) is 11.6 Å². The van der Waals surface area contributed by atoms with Gasteiger partial charge in [0.25, 0.3) is 0 Å². The summed E-state index contributed by atoms with van der Waals surface area (Å²) in [5, 5.41) is 0.561. The van der Waals surface area contributed by atoms with Gasteiger partial charge in [0.05, 0.1) is 12.0 Å². The predicted octanol–water partition coefficient (Wildman–Crippen LogP) is 3.55. The van der Waals surface area contributed by atoms with Crippen LogP contribution in [0.3, 0.4) is 0 Å². The fourth-order valence-corrected chi connectivity index (χ4v) is 5.28. The standard InChI is InChI=1S/C21H24ClFN2O4S/c1-24(14-16-13-17(22)3-8-20(16)29-2)21(26)15-9-11-25(12-10-15)30(27,28)19-6-4-18(23)5-7-19/h3-8,13,15H,9-12,14H2,1-2H3. The van der Waals surface area contributed by atoms with Crippen LogP contribution in [0.2, 0.25) is 5.02 Å². The first-order chi connectivity index (χ1) is 14.2. The van der Waals surface area contributed by atoms with Gasteiger partial charge in [-0.3, -0.25) is 4.79 Å². The number of carbonyl (C=O) groups excluding carboxylic acids is 1. The highest BCUT2D eigenvalue weighted by Gasteiger charge is 2.33. The van der Waals surface area contributed by atoms with Gasteiger partial charge in [0, 0.05) is 43.2 Å². The Morgan fingerprint density at radius 3 is 2.43 bits per heavy atom. The summed E-state index contributed by atoms with van der Waals surface area (Å²) in [6.07, 6.45) is 0.854. The number of halogens is 2. The van der Waals surface area contributed by atoms with E-state index in [1.54, 1.807) is 37.3 Å². The molecule has 1 heterocycles. The van der Waals surface area contributed by atoms with Crippen molar-refractivity contribution in [3.63, 3.8) is 0 Å². The second kappa shape index (κ2) is 9.32. The molecule has 3 rings (SSSR count). The van der Waals surface area contributed by atoms with Crippen molar-refractivity contribution in [2.75, 3.05) is 27.2 Å². The third-order valence-electron chi connectivity index (χ3n) is 5.28. The predicted molar refractivity (Wildman–Crippen MR) is 112 cm³/mol. The molecule has 1 fully saturated rings. The molecule has 0 aliphatic carbocycles. The minimum absolute atomic E-state index is 0.0455. The highest BCUT2D eigenvalue weighted by molar-refractivity contribution is 7.89. The van der Waals surface area contributed by atoms with Gasteiger partial charge in [-0.05, 0) is 55.3 Å². The van der Waals surface area contributed by atoms with Gasteiger partial charge in [0.15, 0.2) is 0 Å². The van der Waals surface area contributed by atoms with Gasteiger partial charge >= 0.3 is 0 Å². The molecule has 0 spiro atoms. The molecule has 0 aromatic heterocycles. The van der Waals surface area contributed by atoms with E-state index in [1.807, 2.05) is 0 Å². The molecule has 2 aromatic carbocycles. The fraction of sp³-hybridized carbons (Fsp3) is 0.381. The quantitative estimate of drug-likeness (QED) is 0.669. The van der Waals surface area contributed by atoms with E-state index in [-0.39, 0.29) is 29.8 Å². The van der Waals surface area contributed by atoms with Gasteiger partial charge in [-0.1, -0.05) is 11.6 Å². The first-order valence-corrected chi connectivity index (χ1v) is 11.4. The zero-order valence-electron chi connectivity index (χ0n) is 16.8. The van der Waals surface area contributed by atoms with Crippen LogP contribution in [0.5, 0.6) is 5.75 Å². The number of methoxy groups -OCH3 is 1. The molecule has 1 aliphatic rings. The smallest absolute Gasteiger partial charge is 0.243 e. The summed E-state index contributed by atoms with van der Waals surface area (Å²) in [5.74, 6) is -0.146. The summed E-state index contributed by atoms with van der Waals surface area (Å²) in [6.45, 7) is 0.825. The number of nitrogens with zero attached hydrogens (tertiary/aromatic N) is 2. The van der Waals surface area contributed by atoms with E-state index in [1.165, 1.54) is 16.4 Å². The van der Waals surface area contributed by atoms with Crippen LogP contribution in [0.15, 0.2) is 47.4 Å². The van der Waals surface area contributed by atoms with Gasteiger partial charge < -0.3 is 9.64 Å². The monoisotopic (exact) mass is 454 g/mol. The number of carbonyl (C=O) groups is 1. The molecule has 0 bridgehead atoms. The molecular formula is C21H24ClFN2O4S. The van der Waals surface area contributed by atoms with Crippen LogP contribution in [0, 0.1) is 11.7 Å². The van der Waals surface area contributed by atoms with Crippen molar-refractivity contribution >= 4 is 27.5 Å². The van der Waals surface area contributed by atoms with Crippen LogP contribution in [-0.4, -0.2) is 50.8 Å². The minimum Gasteiger partial charge on any atom is -0.496 e. The lowest BCUT2D eigenvalue weighted by atomic mass is 9.96. The fourth-order valence-electron chi connectivity index (χ4n) is 3.61. The molecule has 0 N–H and O–H groups in total. The van der Waals surface area contributed by atoms with Gasteiger partial charge in [-0.25, -0.2) is 12.8 Å². The maximum Gasteiger partial charge on any atom is 0.243 e. The van der Waals surface area contributed by atoms with E-state index < -0.39 is 15.8 Å². The van der Waals surface area contributed by atoms with E-state index in [9.17, 15) is 17.6 Å². The zero-order chi connectivity index (χ0) is 21.9. The lowest BCUT2D eigenvalue weighted by molar-refractivity contribution is -0.135. The van der Waals surface area contributed by atoms with Crippen molar-refractivity contribution in [2.24, 2.45) is 5.92 Å². The summed E-state index contributed by atoms with van der Waals surface area (Å²) in [5.41, 5.74) is 0.803. The van der Waals surface area contributed by atoms with Crippen LogP contribution in [0.4, 0.5) is 4.39 Å². The van der Waals surface area contributed by atoms with Crippen LogP contribution < -0.4 is 4.74 Å². The molecule has 0 saturated carbocycles.